The van der Waals surface area contributed by atoms with Crippen molar-refractivity contribution in [2.45, 2.75) is 25.3 Å². The number of hydrogen-bond acceptors (Lipinski definition) is 3. The third-order valence-corrected chi connectivity index (χ3v) is 4.40. The minimum absolute atomic E-state index is 0.0856. The Labute approximate surface area is 121 Å². The molecule has 5 heteroatoms. The van der Waals surface area contributed by atoms with Crippen molar-refractivity contribution in [3.63, 3.8) is 0 Å². The first kappa shape index (κ1) is 14.3. The number of piperidine rings is 1. The zero-order valence-corrected chi connectivity index (χ0v) is 12.5. The molecule has 0 radical (unpaired) electrons. The molecule has 19 heavy (non-hydrogen) atoms. The Morgan fingerprint density at radius 2 is 2.21 bits per heavy atom. The van der Waals surface area contributed by atoms with Gasteiger partial charge in [0.05, 0.1) is 0 Å². The monoisotopic (exact) mass is 326 g/mol. The maximum atomic E-state index is 11.8. The Bertz CT molecular complexity index is 449. The molecule has 3 N–H and O–H groups in total. The molecule has 1 heterocycles. The van der Waals surface area contributed by atoms with E-state index in [9.17, 15) is 9.90 Å². The number of benzene rings is 1. The first-order valence-corrected chi connectivity index (χ1v) is 7.35. The van der Waals surface area contributed by atoms with Crippen LogP contribution in [0.1, 0.15) is 19.8 Å². The van der Waals surface area contributed by atoms with Gasteiger partial charge in [-0.05, 0) is 43.7 Å². The standard InChI is InChI=1S/C14H19BrN2O2/c1-2-10-9-16-8-7-14(10,13(18)19)17-12-5-3-11(15)4-6-12/h3-6,10,16-17H,2,7-9H2,1H3,(H,18,19). The molecule has 1 aliphatic rings. The van der Waals surface area contributed by atoms with E-state index in [-0.39, 0.29) is 5.92 Å². The van der Waals surface area contributed by atoms with Crippen LogP contribution in [-0.2, 0) is 4.79 Å². The van der Waals surface area contributed by atoms with Crippen molar-refractivity contribution >= 4 is 27.6 Å². The number of halogens is 1. The van der Waals surface area contributed by atoms with E-state index < -0.39 is 11.5 Å². The van der Waals surface area contributed by atoms with E-state index >= 15 is 0 Å². The van der Waals surface area contributed by atoms with Gasteiger partial charge in [0, 0.05) is 22.6 Å². The van der Waals surface area contributed by atoms with E-state index in [1.807, 2.05) is 31.2 Å². The molecule has 2 rings (SSSR count). The summed E-state index contributed by atoms with van der Waals surface area (Å²) in [5.41, 5.74) is -0.0145. The Hall–Kier alpha value is -1.07. The first-order valence-electron chi connectivity index (χ1n) is 6.56. The Kier molecular flexibility index (Phi) is 4.47. The van der Waals surface area contributed by atoms with Gasteiger partial charge in [0.1, 0.15) is 5.54 Å². The second-order valence-corrected chi connectivity index (χ2v) is 5.88. The summed E-state index contributed by atoms with van der Waals surface area (Å²) < 4.78 is 0.986. The predicted molar refractivity (Wildman–Crippen MR) is 79.4 cm³/mol. The lowest BCUT2D eigenvalue weighted by atomic mass is 9.76. The van der Waals surface area contributed by atoms with Gasteiger partial charge in [-0.3, -0.25) is 0 Å². The molecule has 0 spiro atoms. The highest BCUT2D eigenvalue weighted by atomic mass is 79.9. The van der Waals surface area contributed by atoms with Crippen LogP contribution in [0.25, 0.3) is 0 Å². The molecule has 0 amide bonds. The van der Waals surface area contributed by atoms with Crippen LogP contribution in [0, 0.1) is 5.92 Å². The van der Waals surface area contributed by atoms with Crippen molar-refractivity contribution in [1.29, 1.82) is 0 Å². The van der Waals surface area contributed by atoms with E-state index in [2.05, 4.69) is 26.6 Å². The number of anilines is 1. The highest BCUT2D eigenvalue weighted by Gasteiger charge is 2.46. The highest BCUT2D eigenvalue weighted by Crippen LogP contribution is 2.32. The largest absolute Gasteiger partial charge is 0.479 e. The summed E-state index contributed by atoms with van der Waals surface area (Å²) in [6, 6.07) is 7.65. The Balaban J connectivity index is 2.28. The van der Waals surface area contributed by atoms with E-state index in [1.54, 1.807) is 0 Å². The van der Waals surface area contributed by atoms with E-state index in [0.29, 0.717) is 6.42 Å². The zero-order valence-electron chi connectivity index (χ0n) is 10.9. The van der Waals surface area contributed by atoms with Crippen LogP contribution in [0.3, 0.4) is 0 Å². The van der Waals surface area contributed by atoms with Crippen molar-refractivity contribution in [2.24, 2.45) is 5.92 Å². The van der Waals surface area contributed by atoms with Crippen molar-refractivity contribution in [2.75, 3.05) is 18.4 Å². The summed E-state index contributed by atoms with van der Waals surface area (Å²) in [5.74, 6) is -0.675. The van der Waals surface area contributed by atoms with Crippen LogP contribution in [-0.4, -0.2) is 29.7 Å². The lowest BCUT2D eigenvalue weighted by molar-refractivity contribution is -0.145. The summed E-state index contributed by atoms with van der Waals surface area (Å²) in [6.45, 7) is 3.51. The van der Waals surface area contributed by atoms with Gasteiger partial charge < -0.3 is 15.7 Å². The molecular formula is C14H19BrN2O2. The van der Waals surface area contributed by atoms with Gasteiger partial charge in [-0.2, -0.15) is 0 Å². The molecule has 1 aromatic rings. The van der Waals surface area contributed by atoms with Crippen LogP contribution >= 0.6 is 15.9 Å². The van der Waals surface area contributed by atoms with Crippen LogP contribution in [0.2, 0.25) is 0 Å². The third kappa shape index (κ3) is 2.92. The average Bonchev–Trinajstić information content (AvgIpc) is 2.41. The van der Waals surface area contributed by atoms with Crippen molar-refractivity contribution < 1.29 is 9.90 Å². The number of rotatable bonds is 4. The number of carbonyl (C=O) groups is 1. The number of carboxylic acids is 1. The molecule has 0 aliphatic carbocycles. The molecule has 1 aliphatic heterocycles. The molecule has 1 fully saturated rings. The fourth-order valence-corrected chi connectivity index (χ4v) is 2.99. The summed E-state index contributed by atoms with van der Waals surface area (Å²) in [7, 11) is 0. The summed E-state index contributed by atoms with van der Waals surface area (Å²) in [6.07, 6.45) is 1.43. The van der Waals surface area contributed by atoms with Crippen LogP contribution < -0.4 is 10.6 Å². The number of hydrogen-bond donors (Lipinski definition) is 3. The van der Waals surface area contributed by atoms with Gasteiger partial charge in [0.25, 0.3) is 0 Å². The maximum Gasteiger partial charge on any atom is 0.329 e. The topological polar surface area (TPSA) is 61.4 Å². The Morgan fingerprint density at radius 1 is 1.53 bits per heavy atom. The lowest BCUT2D eigenvalue weighted by Crippen LogP contribution is -2.59. The minimum atomic E-state index is -0.867. The zero-order chi connectivity index (χ0) is 13.9. The van der Waals surface area contributed by atoms with Crippen molar-refractivity contribution in [3.8, 4) is 0 Å². The van der Waals surface area contributed by atoms with Gasteiger partial charge in [0.2, 0.25) is 0 Å². The fourth-order valence-electron chi connectivity index (χ4n) is 2.72. The number of nitrogens with one attached hydrogen (secondary N) is 2. The van der Waals surface area contributed by atoms with Gasteiger partial charge >= 0.3 is 5.97 Å². The normalized spacial score (nSPS) is 26.9. The smallest absolute Gasteiger partial charge is 0.329 e. The van der Waals surface area contributed by atoms with Gasteiger partial charge in [-0.15, -0.1) is 0 Å². The minimum Gasteiger partial charge on any atom is -0.479 e. The highest BCUT2D eigenvalue weighted by molar-refractivity contribution is 9.10. The lowest BCUT2D eigenvalue weighted by Gasteiger charge is -2.42. The average molecular weight is 327 g/mol. The first-order chi connectivity index (χ1) is 9.08. The summed E-state index contributed by atoms with van der Waals surface area (Å²) in [5, 5.41) is 16.2. The van der Waals surface area contributed by atoms with Crippen molar-refractivity contribution in [3.05, 3.63) is 28.7 Å². The number of aliphatic carboxylic acids is 1. The molecule has 4 nitrogen and oxygen atoms in total. The SMILES string of the molecule is CCC1CNCCC1(Nc1ccc(Br)cc1)C(=O)O. The molecule has 0 saturated carbocycles. The molecule has 1 aromatic carbocycles. The van der Waals surface area contributed by atoms with E-state index in [1.165, 1.54) is 0 Å². The molecular weight excluding hydrogens is 308 g/mol. The third-order valence-electron chi connectivity index (χ3n) is 3.87. The summed E-state index contributed by atoms with van der Waals surface area (Å²) >= 11 is 3.38. The predicted octanol–water partition coefficient (Wildman–Crippen LogP) is 2.70. The maximum absolute atomic E-state index is 11.8. The molecule has 2 atom stereocenters. The second kappa shape index (κ2) is 5.92. The van der Waals surface area contributed by atoms with Gasteiger partial charge in [-0.1, -0.05) is 22.9 Å². The van der Waals surface area contributed by atoms with Crippen molar-refractivity contribution in [1.82, 2.24) is 5.32 Å². The summed E-state index contributed by atoms with van der Waals surface area (Å²) in [4.78, 5) is 11.8. The quantitative estimate of drug-likeness (QED) is 0.796. The van der Waals surface area contributed by atoms with E-state index in [4.69, 9.17) is 0 Å². The number of carboxylic acid groups (broad SMARTS) is 1. The molecule has 1 saturated heterocycles. The molecule has 0 aromatic heterocycles. The molecule has 104 valence electrons. The second-order valence-electron chi connectivity index (χ2n) is 4.97. The fraction of sp³-hybridized carbons (Fsp3) is 0.500. The van der Waals surface area contributed by atoms with E-state index in [0.717, 1.165) is 29.7 Å². The van der Waals surface area contributed by atoms with Gasteiger partial charge in [-0.25, -0.2) is 4.79 Å². The van der Waals surface area contributed by atoms with Crippen LogP contribution in [0.5, 0.6) is 0 Å². The van der Waals surface area contributed by atoms with Crippen LogP contribution in [0.4, 0.5) is 5.69 Å². The Morgan fingerprint density at radius 3 is 2.79 bits per heavy atom. The van der Waals surface area contributed by atoms with Crippen LogP contribution in [0.15, 0.2) is 28.7 Å². The molecule has 0 bridgehead atoms. The van der Waals surface area contributed by atoms with Gasteiger partial charge in [0.15, 0.2) is 0 Å². The molecule has 2 unspecified atom stereocenters.